The molecule has 3 rings (SSSR count). The first-order chi connectivity index (χ1) is 16.4. The molecule has 0 aliphatic heterocycles. The van der Waals surface area contributed by atoms with Crippen LogP contribution >= 0.6 is 0 Å². The second-order valence-electron chi connectivity index (χ2n) is 7.05. The normalized spacial score (nSPS) is 10.1. The molecule has 0 saturated heterocycles. The molecule has 0 spiro atoms. The summed E-state index contributed by atoms with van der Waals surface area (Å²) in [6, 6.07) is 15.2. The Morgan fingerprint density at radius 1 is 1.29 bits per heavy atom. The molecule has 1 amide bonds. The maximum atomic E-state index is 12.7. The lowest BCUT2D eigenvalue weighted by Gasteiger charge is -2.23. The molecule has 34 heavy (non-hydrogen) atoms. The summed E-state index contributed by atoms with van der Waals surface area (Å²) in [6.45, 7) is 3.93. The highest BCUT2D eigenvalue weighted by Crippen LogP contribution is 2.29. The number of ether oxygens (including phenoxy) is 1. The molecule has 0 aliphatic rings. The molecule has 3 aromatic rings. The minimum Gasteiger partial charge on any atom is -0.504 e. The third-order valence-corrected chi connectivity index (χ3v) is 4.93. The van der Waals surface area contributed by atoms with Gasteiger partial charge in [0.15, 0.2) is 11.5 Å². The molecule has 2 aromatic carbocycles. The van der Waals surface area contributed by atoms with E-state index in [-0.39, 0.29) is 53.1 Å². The number of methoxy groups -OCH3 is 1. The maximum Gasteiger partial charge on any atom is 0.268 e. The predicted molar refractivity (Wildman–Crippen MR) is 129 cm³/mol. The van der Waals surface area contributed by atoms with E-state index in [0.717, 1.165) is 0 Å². The number of rotatable bonds is 9. The number of carbonyl (C=O) groups is 1. The van der Waals surface area contributed by atoms with Crippen molar-refractivity contribution in [3.63, 3.8) is 0 Å². The average Bonchev–Trinajstić information content (AvgIpc) is 2.86. The maximum absolute atomic E-state index is 12.7. The Morgan fingerprint density at radius 3 is 2.68 bits per heavy atom. The van der Waals surface area contributed by atoms with E-state index in [4.69, 9.17) is 21.1 Å². The fourth-order valence-corrected chi connectivity index (χ4v) is 3.22. The molecule has 0 atom stereocenters. The Bertz CT molecular complexity index is 1270. The molecule has 1 heterocycles. The van der Waals surface area contributed by atoms with Gasteiger partial charge in [0.2, 0.25) is 0 Å². The van der Waals surface area contributed by atoms with E-state index < -0.39 is 5.91 Å². The van der Waals surface area contributed by atoms with Crippen molar-refractivity contribution in [2.45, 2.75) is 0 Å². The summed E-state index contributed by atoms with van der Waals surface area (Å²) < 4.78 is 5.05. The topological polar surface area (TPSA) is 161 Å². The highest BCUT2D eigenvalue weighted by atomic mass is 16.5. The zero-order valence-electron chi connectivity index (χ0n) is 18.4. The average molecular weight is 457 g/mol. The Kier molecular flexibility index (Phi) is 7.41. The summed E-state index contributed by atoms with van der Waals surface area (Å²) in [6.07, 6.45) is 1.26. The van der Waals surface area contributed by atoms with E-state index in [1.54, 1.807) is 36.4 Å². The van der Waals surface area contributed by atoms with Gasteiger partial charge in [-0.15, -0.1) is 0 Å². The first kappa shape index (κ1) is 23.7. The van der Waals surface area contributed by atoms with Gasteiger partial charge in [0, 0.05) is 24.3 Å². The Balaban J connectivity index is 1.84. The van der Waals surface area contributed by atoms with Crippen LogP contribution < -0.4 is 20.7 Å². The summed E-state index contributed by atoms with van der Waals surface area (Å²) in [5, 5.41) is 30.9. The van der Waals surface area contributed by atoms with E-state index in [0.29, 0.717) is 11.3 Å². The number of anilines is 3. The van der Waals surface area contributed by atoms with E-state index in [1.165, 1.54) is 30.5 Å². The lowest BCUT2D eigenvalue weighted by atomic mass is 10.0. The van der Waals surface area contributed by atoms with Gasteiger partial charge in [-0.1, -0.05) is 24.8 Å². The van der Waals surface area contributed by atoms with Gasteiger partial charge in [0.1, 0.15) is 29.6 Å². The number of amides is 1. The van der Waals surface area contributed by atoms with Crippen LogP contribution in [0.5, 0.6) is 11.5 Å². The molecule has 0 aliphatic carbocycles. The molecular weight excluding hydrogens is 434 g/mol. The van der Waals surface area contributed by atoms with Crippen LogP contribution in [0.15, 0.2) is 67.0 Å². The van der Waals surface area contributed by atoms with E-state index in [1.807, 2.05) is 6.07 Å². The smallest absolute Gasteiger partial charge is 0.268 e. The third-order valence-electron chi connectivity index (χ3n) is 4.93. The fourth-order valence-electron chi connectivity index (χ4n) is 3.22. The number of hydrogen-bond acceptors (Lipinski definition) is 9. The van der Waals surface area contributed by atoms with Gasteiger partial charge in [-0.3, -0.25) is 10.2 Å². The van der Waals surface area contributed by atoms with Gasteiger partial charge < -0.3 is 25.8 Å². The number of hydrogen-bond donors (Lipinski definition) is 4. The number of nitrogens with one attached hydrogen (secondary N) is 2. The van der Waals surface area contributed by atoms with Gasteiger partial charge in [-0.25, -0.2) is 9.97 Å². The van der Waals surface area contributed by atoms with E-state index >= 15 is 0 Å². The van der Waals surface area contributed by atoms with Crippen LogP contribution in [0, 0.1) is 16.7 Å². The molecule has 10 heteroatoms. The molecule has 1 aromatic heterocycles. The van der Waals surface area contributed by atoms with Crippen molar-refractivity contribution in [1.29, 1.82) is 10.7 Å². The fraction of sp³-hybridized carbons (Fsp3) is 0.125. The number of aromatic nitrogens is 2. The molecule has 0 unspecified atom stereocenters. The molecule has 172 valence electrons. The number of nitrogens with two attached hydrogens (primary N) is 1. The van der Waals surface area contributed by atoms with Crippen molar-refractivity contribution in [2.75, 3.05) is 36.1 Å². The minimum absolute atomic E-state index is 0.00703. The number of carbonyl (C=O) groups excluding carboxylic acids is 1. The third kappa shape index (κ3) is 5.11. The van der Waals surface area contributed by atoms with Crippen LogP contribution in [0.1, 0.15) is 11.1 Å². The summed E-state index contributed by atoms with van der Waals surface area (Å²) >= 11 is 0. The van der Waals surface area contributed by atoms with Gasteiger partial charge in [-0.05, 0) is 30.3 Å². The van der Waals surface area contributed by atoms with Crippen molar-refractivity contribution in [1.82, 2.24) is 9.97 Å². The molecule has 0 radical (unpaired) electrons. The summed E-state index contributed by atoms with van der Waals surface area (Å²) in [7, 11) is 1.43. The SMILES string of the molecule is C=C(C#N)C(=O)N(CCNc1ncnc(N)c1C(=N)c1ccc(OC)c(O)c1)c1ccccc1. The molecule has 0 fully saturated rings. The van der Waals surface area contributed by atoms with Crippen LogP contribution in [0.3, 0.4) is 0 Å². The second kappa shape index (κ2) is 10.6. The summed E-state index contributed by atoms with van der Waals surface area (Å²) in [5.74, 6) is -0.000334. The van der Waals surface area contributed by atoms with Crippen LogP contribution in [0.2, 0.25) is 0 Å². The molecule has 0 saturated carbocycles. The predicted octanol–water partition coefficient (Wildman–Crippen LogP) is 2.71. The Hall–Kier alpha value is -4.91. The number of phenols is 1. The quantitative estimate of drug-likeness (QED) is 0.217. The number of benzene rings is 2. The number of nitriles is 1. The lowest BCUT2D eigenvalue weighted by molar-refractivity contribution is -0.114. The van der Waals surface area contributed by atoms with Gasteiger partial charge in [0.05, 0.1) is 18.4 Å². The van der Waals surface area contributed by atoms with Crippen molar-refractivity contribution in [2.24, 2.45) is 0 Å². The Morgan fingerprint density at radius 2 is 2.03 bits per heavy atom. The minimum atomic E-state index is -0.514. The van der Waals surface area contributed by atoms with Crippen molar-refractivity contribution >= 4 is 28.9 Å². The number of nitrogen functional groups attached to an aromatic ring is 1. The van der Waals surface area contributed by atoms with E-state index in [9.17, 15) is 9.90 Å². The van der Waals surface area contributed by atoms with Crippen LogP contribution in [-0.2, 0) is 4.79 Å². The van der Waals surface area contributed by atoms with Crippen molar-refractivity contribution in [3.8, 4) is 17.6 Å². The van der Waals surface area contributed by atoms with Crippen LogP contribution in [0.25, 0.3) is 0 Å². The summed E-state index contributed by atoms with van der Waals surface area (Å²) in [5.41, 5.74) is 7.09. The standard InChI is InChI=1S/C24H23N7O3/c1-15(13-25)24(33)31(17-6-4-3-5-7-17)11-10-28-23-20(22(27)29-14-30-23)21(26)16-8-9-19(34-2)18(32)12-16/h3-9,12,14,26,32H,1,10-11H2,2H3,(H3,27,28,29,30). The van der Waals surface area contributed by atoms with Gasteiger partial charge >= 0.3 is 0 Å². The van der Waals surface area contributed by atoms with Crippen LogP contribution in [0.4, 0.5) is 17.3 Å². The monoisotopic (exact) mass is 457 g/mol. The number of nitrogens with zero attached hydrogens (tertiary/aromatic N) is 4. The highest BCUT2D eigenvalue weighted by Gasteiger charge is 2.20. The molecule has 10 nitrogen and oxygen atoms in total. The Labute approximate surface area is 196 Å². The van der Waals surface area contributed by atoms with Crippen LogP contribution in [-0.4, -0.2) is 46.9 Å². The lowest BCUT2D eigenvalue weighted by Crippen LogP contribution is -2.36. The zero-order valence-corrected chi connectivity index (χ0v) is 18.4. The second-order valence-corrected chi connectivity index (χ2v) is 7.05. The van der Waals surface area contributed by atoms with Crippen molar-refractivity contribution < 1.29 is 14.6 Å². The van der Waals surface area contributed by atoms with E-state index in [2.05, 4.69) is 21.9 Å². The first-order valence-corrected chi connectivity index (χ1v) is 10.1. The summed E-state index contributed by atoms with van der Waals surface area (Å²) in [4.78, 5) is 22.3. The van der Waals surface area contributed by atoms with Gasteiger partial charge in [0.25, 0.3) is 5.91 Å². The number of aromatic hydroxyl groups is 1. The highest BCUT2D eigenvalue weighted by molar-refractivity contribution is 6.16. The number of phenolic OH excluding ortho intramolecular Hbond substituents is 1. The zero-order chi connectivity index (χ0) is 24.7. The first-order valence-electron chi connectivity index (χ1n) is 10.1. The number of para-hydroxylation sites is 1. The molecule has 5 N–H and O–H groups in total. The van der Waals surface area contributed by atoms with Gasteiger partial charge in [-0.2, -0.15) is 5.26 Å². The largest absolute Gasteiger partial charge is 0.504 e. The molecular formula is C24H23N7O3. The molecule has 0 bridgehead atoms. The van der Waals surface area contributed by atoms with Crippen molar-refractivity contribution in [3.05, 3.63) is 78.1 Å².